The van der Waals surface area contributed by atoms with Gasteiger partial charge in [-0.2, -0.15) is 5.26 Å². The summed E-state index contributed by atoms with van der Waals surface area (Å²) in [5.41, 5.74) is 9.66. The van der Waals surface area contributed by atoms with E-state index in [4.69, 9.17) is 10.5 Å². The van der Waals surface area contributed by atoms with E-state index in [1.165, 1.54) is 0 Å². The number of Topliss-reactive ketones (excluding diaryl/α,β-unsaturated/α-hetero) is 1. The number of hydrogen-bond donors (Lipinski definition) is 2. The van der Waals surface area contributed by atoms with Crippen LogP contribution in [-0.4, -0.2) is 10.8 Å². The molecule has 2 heterocycles. The average Bonchev–Trinajstić information content (AvgIpc) is 2.87. The number of nitrogens with one attached hydrogen (secondary N) is 1. The number of nitrogens with zero attached hydrogens (tertiary/aromatic N) is 1. The molecule has 132 valence electrons. The predicted octanol–water partition coefficient (Wildman–Crippen LogP) is 3.93. The summed E-state index contributed by atoms with van der Waals surface area (Å²) in [5.74, 6) is 0.263. The molecule has 0 unspecified atom stereocenters. The molecule has 1 aromatic carbocycles. The van der Waals surface area contributed by atoms with Crippen molar-refractivity contribution in [2.45, 2.75) is 39.5 Å². The zero-order valence-electron chi connectivity index (χ0n) is 15.1. The predicted molar refractivity (Wildman–Crippen MR) is 98.7 cm³/mol. The SMILES string of the molecule is Cc1[nH]c2ccccc2c1[C@@H]1C(C#N)=C(N)OC2=C1C(=O)CC(C)(C)C2. The standard InChI is InChI=1S/C21H21N3O2/c1-11-17(12-6-4-5-7-14(12)24-11)18-13(10-22)20(23)26-16-9-21(2,3)8-15(25)19(16)18/h4-7,18,24H,8-9,23H2,1-3H3/t18-/m0/s1. The number of carbonyl (C=O) groups excluding carboxylic acids is 1. The summed E-state index contributed by atoms with van der Waals surface area (Å²) >= 11 is 0. The van der Waals surface area contributed by atoms with Crippen LogP contribution in [0.15, 0.2) is 47.1 Å². The van der Waals surface area contributed by atoms with Gasteiger partial charge in [0.1, 0.15) is 17.4 Å². The Bertz CT molecular complexity index is 1050. The molecule has 5 heteroatoms. The molecule has 5 nitrogen and oxygen atoms in total. The Labute approximate surface area is 152 Å². The lowest BCUT2D eigenvalue weighted by molar-refractivity contribution is -0.119. The summed E-state index contributed by atoms with van der Waals surface area (Å²) in [5, 5.41) is 10.8. The fraction of sp³-hybridized carbons (Fsp3) is 0.333. The third kappa shape index (κ3) is 2.33. The highest BCUT2D eigenvalue weighted by Gasteiger charge is 2.44. The van der Waals surface area contributed by atoms with Crippen LogP contribution in [0.25, 0.3) is 10.9 Å². The van der Waals surface area contributed by atoms with Gasteiger partial charge < -0.3 is 15.5 Å². The van der Waals surface area contributed by atoms with Gasteiger partial charge in [0.2, 0.25) is 5.88 Å². The minimum absolute atomic E-state index is 0.0335. The maximum absolute atomic E-state index is 13.0. The molecule has 0 saturated heterocycles. The molecule has 0 saturated carbocycles. The van der Waals surface area contributed by atoms with Crippen molar-refractivity contribution in [3.63, 3.8) is 0 Å². The van der Waals surface area contributed by atoms with Crippen molar-refractivity contribution >= 4 is 16.7 Å². The van der Waals surface area contributed by atoms with Crippen molar-refractivity contribution < 1.29 is 9.53 Å². The van der Waals surface area contributed by atoms with Crippen molar-refractivity contribution in [1.29, 1.82) is 5.26 Å². The fourth-order valence-electron chi connectivity index (χ4n) is 4.24. The number of aryl methyl sites for hydroxylation is 1. The number of carbonyl (C=O) groups is 1. The Balaban J connectivity index is 2.01. The van der Waals surface area contributed by atoms with Crippen LogP contribution in [0.4, 0.5) is 0 Å². The molecule has 2 aromatic rings. The molecular weight excluding hydrogens is 326 g/mol. The number of benzene rings is 1. The summed E-state index contributed by atoms with van der Waals surface area (Å²) < 4.78 is 5.76. The van der Waals surface area contributed by atoms with E-state index in [1.807, 2.05) is 45.0 Å². The molecular formula is C21H21N3O2. The van der Waals surface area contributed by atoms with Gasteiger partial charge in [0.15, 0.2) is 5.78 Å². The molecule has 0 fully saturated rings. The third-order valence-corrected chi connectivity index (χ3v) is 5.31. The first-order valence-electron chi connectivity index (χ1n) is 8.73. The fourth-order valence-corrected chi connectivity index (χ4v) is 4.24. The van der Waals surface area contributed by atoms with Gasteiger partial charge in [0, 0.05) is 35.0 Å². The van der Waals surface area contributed by atoms with Crippen LogP contribution >= 0.6 is 0 Å². The number of H-pyrrole nitrogens is 1. The number of nitrogens with two attached hydrogens (primary N) is 1. The Hall–Kier alpha value is -3.00. The van der Waals surface area contributed by atoms with E-state index < -0.39 is 5.92 Å². The van der Waals surface area contributed by atoms with Crippen LogP contribution in [0.1, 0.15) is 43.9 Å². The second kappa shape index (κ2) is 5.50. The van der Waals surface area contributed by atoms with E-state index in [-0.39, 0.29) is 17.1 Å². The Morgan fingerprint density at radius 1 is 1.31 bits per heavy atom. The first-order valence-corrected chi connectivity index (χ1v) is 8.73. The van der Waals surface area contributed by atoms with Crippen molar-refractivity contribution in [1.82, 2.24) is 4.98 Å². The van der Waals surface area contributed by atoms with Crippen LogP contribution in [0, 0.1) is 23.7 Å². The van der Waals surface area contributed by atoms with Crippen LogP contribution in [-0.2, 0) is 9.53 Å². The number of allylic oxidation sites excluding steroid dienone is 3. The molecule has 2 aliphatic rings. The molecule has 1 aromatic heterocycles. The lowest BCUT2D eigenvalue weighted by Gasteiger charge is -2.37. The van der Waals surface area contributed by atoms with Gasteiger partial charge in [-0.05, 0) is 24.0 Å². The van der Waals surface area contributed by atoms with Gasteiger partial charge in [0.25, 0.3) is 0 Å². The number of nitriles is 1. The largest absolute Gasteiger partial charge is 0.444 e. The summed E-state index contributed by atoms with van der Waals surface area (Å²) in [6.45, 7) is 6.06. The molecule has 0 spiro atoms. The van der Waals surface area contributed by atoms with E-state index in [1.54, 1.807) is 0 Å². The van der Waals surface area contributed by atoms with Crippen LogP contribution in [0.2, 0.25) is 0 Å². The normalized spacial score (nSPS) is 22.2. The van der Waals surface area contributed by atoms with E-state index in [9.17, 15) is 10.1 Å². The van der Waals surface area contributed by atoms with Gasteiger partial charge >= 0.3 is 0 Å². The van der Waals surface area contributed by atoms with Crippen LogP contribution < -0.4 is 5.73 Å². The minimum atomic E-state index is -0.483. The summed E-state index contributed by atoms with van der Waals surface area (Å²) in [6, 6.07) is 10.1. The maximum atomic E-state index is 13.0. The van der Waals surface area contributed by atoms with Crippen molar-refractivity contribution in [2.24, 2.45) is 11.1 Å². The van der Waals surface area contributed by atoms with E-state index >= 15 is 0 Å². The second-order valence-corrected chi connectivity index (χ2v) is 7.91. The maximum Gasteiger partial charge on any atom is 0.205 e. The number of hydrogen-bond acceptors (Lipinski definition) is 4. The molecule has 1 aliphatic heterocycles. The second-order valence-electron chi connectivity index (χ2n) is 7.91. The Kier molecular flexibility index (Phi) is 3.48. The zero-order valence-corrected chi connectivity index (χ0v) is 15.1. The highest BCUT2D eigenvalue weighted by molar-refractivity contribution is 6.01. The van der Waals surface area contributed by atoms with Gasteiger partial charge in [0.05, 0.1) is 5.92 Å². The average molecular weight is 347 g/mol. The minimum Gasteiger partial charge on any atom is -0.444 e. The number of rotatable bonds is 1. The number of ether oxygens (including phenoxy) is 1. The first-order chi connectivity index (χ1) is 12.3. The van der Waals surface area contributed by atoms with Gasteiger partial charge in [-0.3, -0.25) is 4.79 Å². The molecule has 26 heavy (non-hydrogen) atoms. The molecule has 0 bridgehead atoms. The summed E-state index contributed by atoms with van der Waals surface area (Å²) in [6.07, 6.45) is 1.07. The number of para-hydroxylation sites is 1. The van der Waals surface area contributed by atoms with E-state index in [2.05, 4.69) is 11.1 Å². The molecule has 1 atom stereocenters. The number of fused-ring (bicyclic) bond motifs is 1. The summed E-state index contributed by atoms with van der Waals surface area (Å²) in [7, 11) is 0. The van der Waals surface area contributed by atoms with Gasteiger partial charge in [-0.15, -0.1) is 0 Å². The number of aromatic amines is 1. The lowest BCUT2D eigenvalue weighted by Crippen LogP contribution is -2.33. The highest BCUT2D eigenvalue weighted by atomic mass is 16.5. The van der Waals surface area contributed by atoms with Crippen molar-refractivity contribution in [2.75, 3.05) is 0 Å². The Morgan fingerprint density at radius 3 is 2.77 bits per heavy atom. The van der Waals surface area contributed by atoms with Crippen molar-refractivity contribution in [3.05, 3.63) is 58.3 Å². The molecule has 1 aliphatic carbocycles. The number of ketones is 1. The zero-order chi connectivity index (χ0) is 18.6. The van der Waals surface area contributed by atoms with Crippen LogP contribution in [0.5, 0.6) is 0 Å². The number of aromatic nitrogens is 1. The molecule has 0 amide bonds. The monoisotopic (exact) mass is 347 g/mol. The summed E-state index contributed by atoms with van der Waals surface area (Å²) in [4.78, 5) is 16.4. The van der Waals surface area contributed by atoms with Gasteiger partial charge in [-0.1, -0.05) is 32.0 Å². The smallest absolute Gasteiger partial charge is 0.205 e. The van der Waals surface area contributed by atoms with Crippen LogP contribution in [0.3, 0.4) is 0 Å². The molecule has 3 N–H and O–H groups in total. The first kappa shape index (κ1) is 16.5. The van der Waals surface area contributed by atoms with Crippen molar-refractivity contribution in [3.8, 4) is 6.07 Å². The lowest BCUT2D eigenvalue weighted by atomic mass is 9.70. The van der Waals surface area contributed by atoms with E-state index in [0.717, 1.165) is 22.2 Å². The highest BCUT2D eigenvalue weighted by Crippen LogP contribution is 2.49. The third-order valence-electron chi connectivity index (χ3n) is 5.31. The quantitative estimate of drug-likeness (QED) is 0.817. The Morgan fingerprint density at radius 2 is 2.04 bits per heavy atom. The molecule has 4 rings (SSSR count). The molecule has 0 radical (unpaired) electrons. The van der Waals surface area contributed by atoms with Gasteiger partial charge in [-0.25, -0.2) is 0 Å². The van der Waals surface area contributed by atoms with E-state index in [0.29, 0.717) is 29.7 Å². The topological polar surface area (TPSA) is 91.9 Å².